The lowest BCUT2D eigenvalue weighted by Gasteiger charge is -2.26. The summed E-state index contributed by atoms with van der Waals surface area (Å²) in [5.41, 5.74) is 2.68. The molecule has 3 aromatic rings. The molecule has 1 atom stereocenters. The topological polar surface area (TPSA) is 58.6 Å². The third kappa shape index (κ3) is 4.72. The minimum Gasteiger partial charge on any atom is -0.492 e. The van der Waals surface area contributed by atoms with Crippen LogP contribution < -0.4 is 15.0 Å². The number of benzene rings is 3. The van der Waals surface area contributed by atoms with E-state index >= 15 is 0 Å². The molecule has 1 aliphatic rings. The largest absolute Gasteiger partial charge is 0.492 e. The molecule has 4 rings (SSSR count). The Kier molecular flexibility index (Phi) is 6.94. The second-order valence-corrected chi connectivity index (χ2v) is 8.94. The van der Waals surface area contributed by atoms with E-state index in [1.165, 1.54) is 6.07 Å². The second kappa shape index (κ2) is 9.86. The van der Waals surface area contributed by atoms with Crippen LogP contribution in [-0.4, -0.2) is 24.2 Å². The van der Waals surface area contributed by atoms with E-state index in [0.717, 1.165) is 11.3 Å². The van der Waals surface area contributed by atoms with Crippen LogP contribution in [0.15, 0.2) is 66.7 Å². The summed E-state index contributed by atoms with van der Waals surface area (Å²) in [5.74, 6) is 0.775. The Bertz CT molecular complexity index is 1150. The zero-order valence-electron chi connectivity index (χ0n) is 17.2. The monoisotopic (exact) mass is 486 g/mol. The van der Waals surface area contributed by atoms with E-state index in [-0.39, 0.29) is 22.2 Å². The first kappa shape index (κ1) is 22.5. The number of hydrogen-bond donors (Lipinski definition) is 1. The summed E-state index contributed by atoms with van der Waals surface area (Å²) in [4.78, 5) is 27.0. The average molecular weight is 487 g/mol. The van der Waals surface area contributed by atoms with Crippen molar-refractivity contribution < 1.29 is 14.3 Å². The van der Waals surface area contributed by atoms with Crippen LogP contribution in [0.2, 0.25) is 10.0 Å². The zero-order valence-corrected chi connectivity index (χ0v) is 19.5. The van der Waals surface area contributed by atoms with Crippen LogP contribution in [0.1, 0.15) is 28.2 Å². The SMILES string of the molecule is CCOc1ccccc1N1C(=O)CS[C@H]1c1ccc(NC(=O)c2ccc(Cl)cc2Cl)cc1. The number of para-hydroxylation sites is 2. The van der Waals surface area contributed by atoms with E-state index in [0.29, 0.717) is 34.4 Å². The molecule has 1 fully saturated rings. The third-order valence-electron chi connectivity index (χ3n) is 4.92. The lowest BCUT2D eigenvalue weighted by atomic mass is 10.1. The average Bonchev–Trinajstić information content (AvgIpc) is 3.16. The molecule has 0 radical (unpaired) electrons. The highest BCUT2D eigenvalue weighted by Crippen LogP contribution is 2.44. The number of amides is 2. The van der Waals surface area contributed by atoms with Gasteiger partial charge in [-0.1, -0.05) is 47.5 Å². The van der Waals surface area contributed by atoms with Gasteiger partial charge in [0.05, 0.1) is 28.6 Å². The summed E-state index contributed by atoms with van der Waals surface area (Å²) in [6.45, 7) is 2.43. The lowest BCUT2D eigenvalue weighted by molar-refractivity contribution is -0.115. The van der Waals surface area contributed by atoms with Crippen molar-refractivity contribution in [1.29, 1.82) is 0 Å². The van der Waals surface area contributed by atoms with Crippen LogP contribution in [0, 0.1) is 0 Å². The minimum atomic E-state index is -0.322. The fraction of sp³-hybridized carbons (Fsp3) is 0.167. The zero-order chi connectivity index (χ0) is 22.7. The number of hydrogen-bond acceptors (Lipinski definition) is 4. The molecule has 0 bridgehead atoms. The van der Waals surface area contributed by atoms with Crippen molar-refractivity contribution in [2.24, 2.45) is 0 Å². The van der Waals surface area contributed by atoms with E-state index in [2.05, 4.69) is 5.32 Å². The molecule has 32 heavy (non-hydrogen) atoms. The Morgan fingerprint density at radius 3 is 2.59 bits per heavy atom. The van der Waals surface area contributed by atoms with E-state index in [9.17, 15) is 9.59 Å². The van der Waals surface area contributed by atoms with Crippen LogP contribution in [0.25, 0.3) is 0 Å². The standard InChI is InChI=1S/C24H20Cl2N2O3S/c1-2-31-21-6-4-3-5-20(21)28-22(29)14-32-24(28)15-7-10-17(11-8-15)27-23(30)18-12-9-16(25)13-19(18)26/h3-13,24H,2,14H2,1H3,(H,27,30)/t24-/m0/s1. The number of halogens is 2. The van der Waals surface area contributed by atoms with E-state index in [1.54, 1.807) is 28.8 Å². The van der Waals surface area contributed by atoms with Gasteiger partial charge in [-0.2, -0.15) is 0 Å². The van der Waals surface area contributed by atoms with Gasteiger partial charge in [0, 0.05) is 10.7 Å². The Hall–Kier alpha value is -2.67. The normalized spacial score (nSPS) is 15.7. The highest BCUT2D eigenvalue weighted by Gasteiger charge is 2.35. The van der Waals surface area contributed by atoms with Crippen LogP contribution in [0.4, 0.5) is 11.4 Å². The number of carbonyl (C=O) groups is 2. The Balaban J connectivity index is 1.54. The van der Waals surface area contributed by atoms with E-state index in [4.69, 9.17) is 27.9 Å². The molecule has 0 aromatic heterocycles. The number of carbonyl (C=O) groups excluding carboxylic acids is 2. The van der Waals surface area contributed by atoms with Gasteiger partial charge in [-0.15, -0.1) is 11.8 Å². The molecule has 164 valence electrons. The van der Waals surface area contributed by atoms with Crippen molar-refractivity contribution in [3.63, 3.8) is 0 Å². The predicted octanol–water partition coefficient (Wildman–Crippen LogP) is 6.42. The van der Waals surface area contributed by atoms with E-state index in [1.807, 2.05) is 55.5 Å². The quantitative estimate of drug-likeness (QED) is 0.436. The highest BCUT2D eigenvalue weighted by atomic mass is 35.5. The molecule has 1 heterocycles. The number of anilines is 2. The minimum absolute atomic E-state index is 0.0295. The molecular weight excluding hydrogens is 467 g/mol. The molecule has 1 N–H and O–H groups in total. The van der Waals surface area contributed by atoms with Crippen LogP contribution in [0.3, 0.4) is 0 Å². The van der Waals surface area contributed by atoms with Gasteiger partial charge in [0.25, 0.3) is 5.91 Å². The maximum atomic E-state index is 12.7. The summed E-state index contributed by atoms with van der Waals surface area (Å²) >= 11 is 13.6. The molecule has 1 saturated heterocycles. The number of ether oxygens (including phenoxy) is 1. The molecule has 0 aliphatic carbocycles. The van der Waals surface area contributed by atoms with Crippen LogP contribution in [-0.2, 0) is 4.79 Å². The highest BCUT2D eigenvalue weighted by molar-refractivity contribution is 8.00. The van der Waals surface area contributed by atoms with Gasteiger partial charge in [-0.05, 0) is 55.0 Å². The van der Waals surface area contributed by atoms with Gasteiger partial charge in [-0.25, -0.2) is 0 Å². The first-order valence-electron chi connectivity index (χ1n) is 9.99. The lowest BCUT2D eigenvalue weighted by Crippen LogP contribution is -2.28. The predicted molar refractivity (Wildman–Crippen MR) is 131 cm³/mol. The fourth-order valence-corrected chi connectivity index (χ4v) is 5.13. The van der Waals surface area contributed by atoms with Gasteiger partial charge in [0.1, 0.15) is 11.1 Å². The molecule has 2 amide bonds. The van der Waals surface area contributed by atoms with Gasteiger partial charge in [0.2, 0.25) is 5.91 Å². The van der Waals surface area contributed by atoms with Crippen molar-refractivity contribution in [3.8, 4) is 5.75 Å². The van der Waals surface area contributed by atoms with Gasteiger partial charge < -0.3 is 10.1 Å². The van der Waals surface area contributed by atoms with E-state index < -0.39 is 0 Å². The molecule has 5 nitrogen and oxygen atoms in total. The Labute approximate surface area is 200 Å². The Morgan fingerprint density at radius 1 is 1.12 bits per heavy atom. The maximum Gasteiger partial charge on any atom is 0.257 e. The fourth-order valence-electron chi connectivity index (χ4n) is 3.47. The summed E-state index contributed by atoms with van der Waals surface area (Å²) in [6, 6.07) is 19.7. The molecule has 3 aromatic carbocycles. The number of thioether (sulfide) groups is 1. The van der Waals surface area contributed by atoms with Gasteiger partial charge in [-0.3, -0.25) is 14.5 Å². The molecule has 8 heteroatoms. The third-order valence-corrected chi connectivity index (χ3v) is 6.68. The number of nitrogens with zero attached hydrogens (tertiary/aromatic N) is 1. The maximum absolute atomic E-state index is 12.7. The first-order valence-corrected chi connectivity index (χ1v) is 11.8. The smallest absolute Gasteiger partial charge is 0.257 e. The Morgan fingerprint density at radius 2 is 1.88 bits per heavy atom. The summed E-state index contributed by atoms with van der Waals surface area (Å²) in [7, 11) is 0. The second-order valence-electron chi connectivity index (χ2n) is 7.03. The van der Waals surface area contributed by atoms with Crippen molar-refractivity contribution in [2.75, 3.05) is 22.6 Å². The molecular formula is C24H20Cl2N2O3S. The van der Waals surface area contributed by atoms with Crippen LogP contribution >= 0.6 is 35.0 Å². The summed E-state index contributed by atoms with van der Waals surface area (Å²) in [6.07, 6.45) is 0. The van der Waals surface area contributed by atoms with Crippen molar-refractivity contribution in [3.05, 3.63) is 87.9 Å². The summed E-state index contributed by atoms with van der Waals surface area (Å²) in [5, 5.41) is 3.41. The van der Waals surface area contributed by atoms with Crippen molar-refractivity contribution >= 4 is 58.2 Å². The van der Waals surface area contributed by atoms with Crippen LogP contribution in [0.5, 0.6) is 5.75 Å². The number of rotatable bonds is 6. The molecule has 0 saturated carbocycles. The summed E-state index contributed by atoms with van der Waals surface area (Å²) < 4.78 is 5.73. The van der Waals surface area contributed by atoms with Crippen molar-refractivity contribution in [1.82, 2.24) is 0 Å². The number of nitrogens with one attached hydrogen (secondary N) is 1. The molecule has 0 spiro atoms. The van der Waals surface area contributed by atoms with Gasteiger partial charge >= 0.3 is 0 Å². The molecule has 0 unspecified atom stereocenters. The first-order chi connectivity index (χ1) is 15.5. The molecule has 1 aliphatic heterocycles. The van der Waals surface area contributed by atoms with Gasteiger partial charge in [0.15, 0.2) is 0 Å². The van der Waals surface area contributed by atoms with Crippen molar-refractivity contribution in [2.45, 2.75) is 12.3 Å².